The van der Waals surface area contributed by atoms with Crippen molar-refractivity contribution in [2.45, 2.75) is 84.9 Å². The Morgan fingerprint density at radius 3 is 2.26 bits per heavy atom. The van der Waals surface area contributed by atoms with E-state index in [-0.39, 0.29) is 46.8 Å². The number of amides is 1. The van der Waals surface area contributed by atoms with E-state index in [4.69, 9.17) is 9.47 Å². The zero-order valence-electron chi connectivity index (χ0n) is 28.2. The fraction of sp³-hybridized carbons (Fsp3) is 0.400. The number of hydrogen-bond donors (Lipinski definition) is 1. The molecule has 248 valence electrons. The number of fused-ring (bicyclic) bond motifs is 4. The monoisotopic (exact) mass is 658 g/mol. The number of carbonyl (C=O) groups excluding carboxylic acids is 1. The molecule has 3 heterocycles. The highest BCUT2D eigenvalue weighted by Gasteiger charge is 2.32. The highest BCUT2D eigenvalue weighted by molar-refractivity contribution is 7.92. The van der Waals surface area contributed by atoms with Gasteiger partial charge in [0.2, 0.25) is 11.8 Å². The Labute approximate surface area is 276 Å². The predicted octanol–water partition coefficient (Wildman–Crippen LogP) is 6.37. The summed E-state index contributed by atoms with van der Waals surface area (Å²) in [5.41, 5.74) is 2.86. The van der Waals surface area contributed by atoms with Crippen molar-refractivity contribution in [2.24, 2.45) is 5.41 Å². The molecule has 0 radical (unpaired) electrons. The lowest BCUT2D eigenvalue weighted by Crippen LogP contribution is -2.45. The number of ether oxygens (including phenoxy) is 2. The Kier molecular flexibility index (Phi) is 9.27. The van der Waals surface area contributed by atoms with Crippen molar-refractivity contribution in [1.29, 1.82) is 0 Å². The van der Waals surface area contributed by atoms with E-state index in [0.717, 1.165) is 16.7 Å². The lowest BCUT2D eigenvalue weighted by Gasteiger charge is -2.35. The molecule has 0 unspecified atom stereocenters. The molecule has 2 aromatic heterocycles. The van der Waals surface area contributed by atoms with Crippen LogP contribution in [0.25, 0.3) is 11.3 Å². The summed E-state index contributed by atoms with van der Waals surface area (Å²) in [6.07, 6.45) is 3.73. The molecule has 5 rings (SSSR count). The lowest BCUT2D eigenvalue weighted by molar-refractivity contribution is 0.0505. The molecule has 0 fully saturated rings. The van der Waals surface area contributed by atoms with Crippen LogP contribution in [0, 0.1) is 19.3 Å². The minimum atomic E-state index is -4.18. The maximum Gasteiger partial charge on any atom is 0.264 e. The molecule has 11 nitrogen and oxygen atoms in total. The number of sulfonamides is 1. The first-order chi connectivity index (χ1) is 22.0. The Hall–Kier alpha value is -4.58. The van der Waals surface area contributed by atoms with E-state index in [1.807, 2.05) is 52.8 Å². The van der Waals surface area contributed by atoms with Gasteiger partial charge in [-0.3, -0.25) is 4.79 Å². The molecule has 2 aromatic carbocycles. The van der Waals surface area contributed by atoms with E-state index >= 15 is 0 Å². The molecule has 12 heteroatoms. The van der Waals surface area contributed by atoms with Crippen LogP contribution in [0.2, 0.25) is 0 Å². The summed E-state index contributed by atoms with van der Waals surface area (Å²) in [5, 5.41) is 0. The van der Waals surface area contributed by atoms with Crippen LogP contribution < -0.4 is 14.2 Å². The van der Waals surface area contributed by atoms with Crippen LogP contribution in [0.5, 0.6) is 11.6 Å². The second kappa shape index (κ2) is 12.9. The highest BCUT2D eigenvalue weighted by Crippen LogP contribution is 2.31. The normalized spacial score (nSPS) is 16.6. The average Bonchev–Trinajstić information content (AvgIpc) is 2.97. The third-order valence-corrected chi connectivity index (χ3v) is 8.77. The summed E-state index contributed by atoms with van der Waals surface area (Å²) in [7, 11) is -4.18. The summed E-state index contributed by atoms with van der Waals surface area (Å²) in [5.74, 6) is 0.567. The lowest BCUT2D eigenvalue weighted by atomic mass is 9.87. The molecule has 0 spiro atoms. The molecule has 4 bridgehead atoms. The van der Waals surface area contributed by atoms with Crippen LogP contribution >= 0.6 is 0 Å². The van der Waals surface area contributed by atoms with Gasteiger partial charge in [0.25, 0.3) is 15.9 Å². The van der Waals surface area contributed by atoms with E-state index in [1.54, 1.807) is 35.5 Å². The minimum Gasteiger partial charge on any atom is -0.485 e. The zero-order valence-corrected chi connectivity index (χ0v) is 29.0. The van der Waals surface area contributed by atoms with Crippen molar-refractivity contribution in [3.05, 3.63) is 83.4 Å². The number of aromatic nitrogens is 4. The Balaban J connectivity index is 1.63. The number of benzene rings is 2. The molecular formula is C35H42N6O5S. The Morgan fingerprint density at radius 2 is 1.62 bits per heavy atom. The standard InChI is InChI=1S/C35H42N6O5S/c1-22-11-9-12-23(2)31(22)28-16-30-39-33(38-28)40-47(43,44)27-14-10-13-24(15-27)32(42)41(25(21-45-30)17-34(3,4)5)20-29-36-18-26(19-37-29)46-35(6,7)8/h9-16,18-19,25H,17,20-21H2,1-8H3,(H,38,39,40)/t25-/m1/s1. The van der Waals surface area contributed by atoms with Crippen molar-refractivity contribution in [2.75, 3.05) is 11.3 Å². The molecule has 0 saturated carbocycles. The van der Waals surface area contributed by atoms with Crippen molar-refractivity contribution in [3.8, 4) is 22.9 Å². The molecule has 1 atom stereocenters. The molecule has 1 aliphatic heterocycles. The zero-order chi connectivity index (χ0) is 34.1. The van der Waals surface area contributed by atoms with Gasteiger partial charge in [0, 0.05) is 17.2 Å². The first kappa shape index (κ1) is 33.8. The van der Waals surface area contributed by atoms with Crippen LogP contribution in [-0.2, 0) is 16.6 Å². The Morgan fingerprint density at radius 1 is 0.957 bits per heavy atom. The van der Waals surface area contributed by atoms with Gasteiger partial charge in [-0.05, 0) is 75.8 Å². The SMILES string of the molecule is Cc1cccc(C)c1-c1cc2nc(n1)NS(=O)(=O)c1cccc(c1)C(=O)N(Cc1ncc(OC(C)(C)C)cn1)[C@H](CC(C)(C)C)CO2. The molecule has 47 heavy (non-hydrogen) atoms. The van der Waals surface area contributed by atoms with E-state index in [0.29, 0.717) is 23.7 Å². The van der Waals surface area contributed by atoms with Gasteiger partial charge in [0.05, 0.1) is 35.6 Å². The summed E-state index contributed by atoms with van der Waals surface area (Å²) in [6.45, 7) is 16.1. The number of nitrogens with one attached hydrogen (secondary N) is 1. The van der Waals surface area contributed by atoms with Crippen LogP contribution in [-0.4, -0.2) is 57.4 Å². The second-order valence-electron chi connectivity index (χ2n) is 14.0. The minimum absolute atomic E-state index is 0.0522. The van der Waals surface area contributed by atoms with Crippen molar-refractivity contribution >= 4 is 21.9 Å². The average molecular weight is 659 g/mol. The summed E-state index contributed by atoms with van der Waals surface area (Å²) < 4.78 is 42.0. The van der Waals surface area contributed by atoms with Gasteiger partial charge in [-0.1, -0.05) is 45.0 Å². The topological polar surface area (TPSA) is 136 Å². The van der Waals surface area contributed by atoms with Gasteiger partial charge in [-0.2, -0.15) is 4.98 Å². The third kappa shape index (κ3) is 8.42. The summed E-state index contributed by atoms with van der Waals surface area (Å²) in [4.78, 5) is 33.9. The first-order valence-electron chi connectivity index (χ1n) is 15.5. The molecule has 1 amide bonds. The number of hydrogen-bond acceptors (Lipinski definition) is 9. The number of carbonyl (C=O) groups is 1. The van der Waals surface area contributed by atoms with E-state index < -0.39 is 21.7 Å². The van der Waals surface area contributed by atoms with Gasteiger partial charge in [-0.15, -0.1) is 0 Å². The number of rotatable bonds is 5. The van der Waals surface area contributed by atoms with Gasteiger partial charge in [0.15, 0.2) is 5.75 Å². The van der Waals surface area contributed by atoms with Gasteiger partial charge in [0.1, 0.15) is 18.0 Å². The maximum atomic E-state index is 14.3. The third-order valence-electron chi connectivity index (χ3n) is 7.45. The maximum absolute atomic E-state index is 14.3. The highest BCUT2D eigenvalue weighted by atomic mass is 32.2. The van der Waals surface area contributed by atoms with Crippen LogP contribution in [0.15, 0.2) is 65.8 Å². The fourth-order valence-corrected chi connectivity index (χ4v) is 6.52. The number of aryl methyl sites for hydroxylation is 2. The molecular weight excluding hydrogens is 616 g/mol. The van der Waals surface area contributed by atoms with Crippen LogP contribution in [0.4, 0.5) is 5.95 Å². The molecule has 1 N–H and O–H groups in total. The van der Waals surface area contributed by atoms with Gasteiger partial charge >= 0.3 is 0 Å². The second-order valence-corrected chi connectivity index (χ2v) is 15.7. The number of anilines is 1. The molecule has 1 aliphatic rings. The Bertz CT molecular complexity index is 1860. The summed E-state index contributed by atoms with van der Waals surface area (Å²) >= 11 is 0. The van der Waals surface area contributed by atoms with Gasteiger partial charge in [-0.25, -0.2) is 28.1 Å². The first-order valence-corrected chi connectivity index (χ1v) is 17.0. The fourth-order valence-electron chi connectivity index (χ4n) is 5.53. The summed E-state index contributed by atoms with van der Waals surface area (Å²) in [6, 6.07) is 13.1. The van der Waals surface area contributed by atoms with Gasteiger partial charge < -0.3 is 14.4 Å². The molecule has 4 aromatic rings. The van der Waals surface area contributed by atoms with Crippen LogP contribution in [0.1, 0.15) is 75.3 Å². The van der Waals surface area contributed by atoms with Crippen molar-refractivity contribution < 1.29 is 22.7 Å². The van der Waals surface area contributed by atoms with Crippen molar-refractivity contribution in [3.63, 3.8) is 0 Å². The van der Waals surface area contributed by atoms with E-state index in [1.165, 1.54) is 12.1 Å². The van der Waals surface area contributed by atoms with Crippen molar-refractivity contribution in [1.82, 2.24) is 24.8 Å². The van der Waals surface area contributed by atoms with E-state index in [2.05, 4.69) is 45.4 Å². The largest absolute Gasteiger partial charge is 0.485 e. The van der Waals surface area contributed by atoms with Crippen LogP contribution in [0.3, 0.4) is 0 Å². The molecule has 0 aliphatic carbocycles. The quantitative estimate of drug-likeness (QED) is 0.259. The smallest absolute Gasteiger partial charge is 0.264 e. The predicted molar refractivity (Wildman–Crippen MR) is 180 cm³/mol. The number of nitrogens with zero attached hydrogens (tertiary/aromatic N) is 5. The van der Waals surface area contributed by atoms with E-state index in [9.17, 15) is 13.2 Å². The molecule has 0 saturated heterocycles.